The van der Waals surface area contributed by atoms with Crippen LogP contribution in [0.5, 0.6) is 0 Å². The zero-order chi connectivity index (χ0) is 20.0. The zero-order valence-corrected chi connectivity index (χ0v) is 16.8. The minimum Gasteiger partial charge on any atom is -0.452 e. The van der Waals surface area contributed by atoms with E-state index in [0.717, 1.165) is 38.1 Å². The molecule has 148 valence electrons. The standard InChI is InChI=1S/C18H22F2N2O3S2/c1-11-6-8-22(9-7-11)18(26)27-10-15(23)25-12(2)17(24)21-16-13(19)4-3-5-14(16)20/h3-5,11-12H,6-10H2,1-2H3,(H,21,24)/t12-/m0/s1. The van der Waals surface area contributed by atoms with E-state index in [9.17, 15) is 18.4 Å². The van der Waals surface area contributed by atoms with Crippen LogP contribution < -0.4 is 5.32 Å². The van der Waals surface area contributed by atoms with Gasteiger partial charge < -0.3 is 15.0 Å². The second-order valence-corrected chi connectivity index (χ2v) is 8.05. The number of rotatable bonds is 5. The molecule has 0 aliphatic carbocycles. The van der Waals surface area contributed by atoms with E-state index in [-0.39, 0.29) is 5.75 Å². The van der Waals surface area contributed by atoms with Crippen LogP contribution in [0, 0.1) is 17.6 Å². The molecule has 1 saturated heterocycles. The number of hydrogen-bond donors (Lipinski definition) is 1. The Morgan fingerprint density at radius 2 is 1.93 bits per heavy atom. The maximum atomic E-state index is 13.6. The van der Waals surface area contributed by atoms with Gasteiger partial charge in [-0.3, -0.25) is 9.59 Å². The van der Waals surface area contributed by atoms with Crippen molar-refractivity contribution in [1.29, 1.82) is 0 Å². The van der Waals surface area contributed by atoms with E-state index in [4.69, 9.17) is 17.0 Å². The third-order valence-corrected chi connectivity index (χ3v) is 5.74. The highest BCUT2D eigenvalue weighted by atomic mass is 32.2. The molecule has 5 nitrogen and oxygen atoms in total. The summed E-state index contributed by atoms with van der Waals surface area (Å²) in [5.74, 6) is -2.60. The second-order valence-electron chi connectivity index (χ2n) is 6.44. The van der Waals surface area contributed by atoms with Crippen molar-refractivity contribution in [2.24, 2.45) is 5.92 Å². The Bertz CT molecular complexity index is 690. The Morgan fingerprint density at radius 3 is 2.52 bits per heavy atom. The third-order valence-electron chi connectivity index (χ3n) is 4.24. The molecule has 1 N–H and O–H groups in total. The average Bonchev–Trinajstić information content (AvgIpc) is 2.63. The molecule has 1 aromatic rings. The van der Waals surface area contributed by atoms with Gasteiger partial charge in [-0.25, -0.2) is 8.78 Å². The van der Waals surface area contributed by atoms with Crippen LogP contribution in [0.3, 0.4) is 0 Å². The predicted molar refractivity (Wildman–Crippen MR) is 106 cm³/mol. The predicted octanol–water partition coefficient (Wildman–Crippen LogP) is 3.59. The molecule has 0 bridgehead atoms. The number of thioether (sulfide) groups is 1. The van der Waals surface area contributed by atoms with Crippen molar-refractivity contribution in [2.75, 3.05) is 24.2 Å². The quantitative estimate of drug-likeness (QED) is 0.585. The van der Waals surface area contributed by atoms with E-state index in [1.165, 1.54) is 24.8 Å². The zero-order valence-electron chi connectivity index (χ0n) is 15.2. The van der Waals surface area contributed by atoms with Crippen LogP contribution in [0.15, 0.2) is 18.2 Å². The van der Waals surface area contributed by atoms with E-state index < -0.39 is 35.3 Å². The molecular formula is C18H22F2N2O3S2. The van der Waals surface area contributed by atoms with Gasteiger partial charge in [0.25, 0.3) is 5.91 Å². The first-order valence-electron chi connectivity index (χ1n) is 8.64. The number of carbonyl (C=O) groups excluding carboxylic acids is 2. The van der Waals surface area contributed by atoms with E-state index in [1.54, 1.807) is 0 Å². The number of benzene rings is 1. The number of carbonyl (C=O) groups is 2. The van der Waals surface area contributed by atoms with Gasteiger partial charge in [0.2, 0.25) is 0 Å². The van der Waals surface area contributed by atoms with Crippen LogP contribution in [0.4, 0.5) is 14.5 Å². The first kappa shape index (κ1) is 21.6. The Kier molecular flexibility index (Phi) is 7.97. The van der Waals surface area contributed by atoms with Crippen molar-refractivity contribution in [3.63, 3.8) is 0 Å². The summed E-state index contributed by atoms with van der Waals surface area (Å²) in [5.41, 5.74) is -0.569. The molecule has 1 aromatic carbocycles. The lowest BCUT2D eigenvalue weighted by atomic mass is 10.00. The second kappa shape index (κ2) is 9.98. The lowest BCUT2D eigenvalue weighted by Gasteiger charge is -2.31. The number of nitrogens with zero attached hydrogens (tertiary/aromatic N) is 1. The van der Waals surface area contributed by atoms with Gasteiger partial charge in [0.1, 0.15) is 21.6 Å². The van der Waals surface area contributed by atoms with Crippen LogP contribution in [-0.2, 0) is 14.3 Å². The molecular weight excluding hydrogens is 394 g/mol. The van der Waals surface area contributed by atoms with Gasteiger partial charge in [-0.1, -0.05) is 37.0 Å². The summed E-state index contributed by atoms with van der Waals surface area (Å²) in [6.07, 6.45) is 0.936. The summed E-state index contributed by atoms with van der Waals surface area (Å²) in [5, 5.41) is 2.10. The molecule has 9 heteroatoms. The molecule has 1 fully saturated rings. The lowest BCUT2D eigenvalue weighted by molar-refractivity contribution is -0.150. The molecule has 1 heterocycles. The maximum absolute atomic E-state index is 13.6. The van der Waals surface area contributed by atoms with Gasteiger partial charge in [-0.15, -0.1) is 0 Å². The first-order valence-corrected chi connectivity index (χ1v) is 10.0. The van der Waals surface area contributed by atoms with Gasteiger partial charge in [-0.2, -0.15) is 0 Å². The Balaban J connectivity index is 1.77. The van der Waals surface area contributed by atoms with E-state index in [1.807, 2.05) is 0 Å². The molecule has 0 radical (unpaired) electrons. The molecule has 1 atom stereocenters. The highest BCUT2D eigenvalue weighted by Crippen LogP contribution is 2.21. The lowest BCUT2D eigenvalue weighted by Crippen LogP contribution is -2.36. The average molecular weight is 417 g/mol. The molecule has 1 aliphatic rings. The van der Waals surface area contributed by atoms with Gasteiger partial charge in [0.05, 0.1) is 5.75 Å². The number of para-hydroxylation sites is 1. The Morgan fingerprint density at radius 1 is 1.33 bits per heavy atom. The number of likely N-dealkylation sites (tertiary alicyclic amines) is 1. The van der Waals surface area contributed by atoms with Crippen LogP contribution in [0.25, 0.3) is 0 Å². The largest absolute Gasteiger partial charge is 0.452 e. The van der Waals surface area contributed by atoms with Crippen molar-refractivity contribution in [3.05, 3.63) is 29.8 Å². The minimum atomic E-state index is -1.19. The number of piperidine rings is 1. The molecule has 0 spiro atoms. The number of ether oxygens (including phenoxy) is 1. The van der Waals surface area contributed by atoms with Gasteiger partial charge in [0.15, 0.2) is 6.10 Å². The normalized spacial score (nSPS) is 15.9. The van der Waals surface area contributed by atoms with Gasteiger partial charge >= 0.3 is 5.97 Å². The monoisotopic (exact) mass is 416 g/mol. The molecule has 1 aliphatic heterocycles. The summed E-state index contributed by atoms with van der Waals surface area (Å²) < 4.78 is 32.8. The van der Waals surface area contributed by atoms with E-state index in [0.29, 0.717) is 10.2 Å². The molecule has 1 amide bonds. The molecule has 27 heavy (non-hydrogen) atoms. The fourth-order valence-electron chi connectivity index (χ4n) is 2.53. The van der Waals surface area contributed by atoms with Crippen LogP contribution in [0.1, 0.15) is 26.7 Å². The third kappa shape index (κ3) is 6.42. The highest BCUT2D eigenvalue weighted by molar-refractivity contribution is 8.23. The maximum Gasteiger partial charge on any atom is 0.317 e. The van der Waals surface area contributed by atoms with Crippen LogP contribution in [-0.4, -0.2) is 46.0 Å². The van der Waals surface area contributed by atoms with Crippen molar-refractivity contribution < 1.29 is 23.1 Å². The van der Waals surface area contributed by atoms with Crippen molar-refractivity contribution in [3.8, 4) is 0 Å². The number of esters is 1. The summed E-state index contributed by atoms with van der Waals surface area (Å²) >= 11 is 6.52. The number of amides is 1. The van der Waals surface area contributed by atoms with Crippen LogP contribution >= 0.6 is 24.0 Å². The van der Waals surface area contributed by atoms with Crippen molar-refractivity contribution >= 4 is 45.9 Å². The number of hydrogen-bond acceptors (Lipinski definition) is 5. The minimum absolute atomic E-state index is 0.0312. The Hall–Kier alpha value is -1.74. The van der Waals surface area contributed by atoms with Crippen molar-refractivity contribution in [2.45, 2.75) is 32.8 Å². The molecule has 0 aromatic heterocycles. The first-order chi connectivity index (χ1) is 12.8. The van der Waals surface area contributed by atoms with Gasteiger partial charge in [0, 0.05) is 13.1 Å². The summed E-state index contributed by atoms with van der Waals surface area (Å²) in [4.78, 5) is 26.0. The summed E-state index contributed by atoms with van der Waals surface area (Å²) in [6.45, 7) is 5.27. The number of anilines is 1. The van der Waals surface area contributed by atoms with Gasteiger partial charge in [-0.05, 0) is 37.8 Å². The number of halogens is 2. The molecule has 0 unspecified atom stereocenters. The Labute approximate surface area is 166 Å². The highest BCUT2D eigenvalue weighted by Gasteiger charge is 2.22. The number of nitrogens with one attached hydrogen (secondary N) is 1. The smallest absolute Gasteiger partial charge is 0.317 e. The van der Waals surface area contributed by atoms with Crippen molar-refractivity contribution in [1.82, 2.24) is 4.90 Å². The molecule has 2 rings (SSSR count). The van der Waals surface area contributed by atoms with E-state index in [2.05, 4.69) is 17.1 Å². The number of thiocarbonyl (C=S) groups is 1. The fourth-order valence-corrected chi connectivity index (χ4v) is 3.56. The van der Waals surface area contributed by atoms with E-state index >= 15 is 0 Å². The topological polar surface area (TPSA) is 58.6 Å². The SMILES string of the molecule is CC1CCN(C(=S)SCC(=O)O[C@@H](C)C(=O)Nc2c(F)cccc2F)CC1. The summed E-state index contributed by atoms with van der Waals surface area (Å²) in [7, 11) is 0. The summed E-state index contributed by atoms with van der Waals surface area (Å²) in [6, 6.07) is 3.23. The van der Waals surface area contributed by atoms with Crippen LogP contribution in [0.2, 0.25) is 0 Å². The molecule has 0 saturated carbocycles. The fraction of sp³-hybridized carbons (Fsp3) is 0.500.